The summed E-state index contributed by atoms with van der Waals surface area (Å²) < 4.78 is 64.9. The van der Waals surface area contributed by atoms with E-state index in [4.69, 9.17) is 21.1 Å². The zero-order chi connectivity index (χ0) is 28.3. The Morgan fingerprint density at radius 2 is 1.97 bits per heavy atom. The van der Waals surface area contributed by atoms with Gasteiger partial charge in [0.25, 0.3) is 0 Å². The monoisotopic (exact) mass is 565 g/mol. The molecule has 1 aromatic rings. The number of alkyl halides is 3. The van der Waals surface area contributed by atoms with Gasteiger partial charge in [0.05, 0.1) is 23.9 Å². The van der Waals surface area contributed by atoms with Crippen LogP contribution in [0.1, 0.15) is 53.9 Å². The van der Waals surface area contributed by atoms with Crippen LogP contribution in [0, 0.1) is 11.7 Å². The maximum absolute atomic E-state index is 14.9. The molecule has 2 rings (SSSR count). The lowest BCUT2D eigenvalue weighted by Crippen LogP contribution is -2.27. The predicted octanol–water partition coefficient (Wildman–Crippen LogP) is 8.71. The Hall–Kier alpha value is -1.97. The first-order chi connectivity index (χ1) is 17.3. The number of hydrogen-bond acceptors (Lipinski definition) is 5. The standard InChI is InChI=1S/C25H30ClF4NO3S.C2H6/c1-6-22(24(32)34-14-18-8-7-9-33-13-18)35-23-12-21(20(27)11-19(23)26)31(15(2)3)17(5)10-16(4)25(28,29)30;1-2/h10-12,18,22H,2,5-9,13-14H2,1,3-4H3;1-2H3/b16-10+;. The minimum Gasteiger partial charge on any atom is -0.464 e. The van der Waals surface area contributed by atoms with E-state index in [2.05, 4.69) is 13.2 Å². The summed E-state index contributed by atoms with van der Waals surface area (Å²) in [7, 11) is 0. The van der Waals surface area contributed by atoms with Crippen molar-refractivity contribution in [2.75, 3.05) is 24.7 Å². The second-order valence-electron chi connectivity index (χ2n) is 8.35. The second kappa shape index (κ2) is 15.4. The van der Waals surface area contributed by atoms with E-state index in [-0.39, 0.29) is 34.6 Å². The van der Waals surface area contributed by atoms with E-state index in [9.17, 15) is 22.4 Å². The van der Waals surface area contributed by atoms with Gasteiger partial charge in [-0.1, -0.05) is 45.5 Å². The van der Waals surface area contributed by atoms with Gasteiger partial charge in [-0.3, -0.25) is 4.79 Å². The fourth-order valence-corrected chi connectivity index (χ4v) is 4.74. The van der Waals surface area contributed by atoms with Gasteiger partial charge in [-0.2, -0.15) is 13.2 Å². The van der Waals surface area contributed by atoms with Crippen molar-refractivity contribution in [1.29, 1.82) is 0 Å². The summed E-state index contributed by atoms with van der Waals surface area (Å²) in [5.74, 6) is -1.04. The Balaban J connectivity index is 0.00000334. The Kier molecular flexibility index (Phi) is 13.8. The zero-order valence-corrected chi connectivity index (χ0v) is 23.6. The molecular formula is C27H36ClF4NO3S. The lowest BCUT2D eigenvalue weighted by atomic mass is 10.0. The van der Waals surface area contributed by atoms with E-state index in [0.29, 0.717) is 24.5 Å². The number of nitrogens with zero attached hydrogens (tertiary/aromatic N) is 1. The molecule has 0 bridgehead atoms. The molecule has 1 saturated heterocycles. The maximum Gasteiger partial charge on any atom is 0.412 e. The van der Waals surface area contributed by atoms with Gasteiger partial charge in [-0.15, -0.1) is 11.8 Å². The molecule has 1 heterocycles. The van der Waals surface area contributed by atoms with Crippen LogP contribution in [0.4, 0.5) is 23.2 Å². The summed E-state index contributed by atoms with van der Waals surface area (Å²) in [5.41, 5.74) is -0.844. The summed E-state index contributed by atoms with van der Waals surface area (Å²) in [6.07, 6.45) is -1.46. The first-order valence-electron chi connectivity index (χ1n) is 12.1. The quantitative estimate of drug-likeness (QED) is 0.123. The normalized spacial score (nSPS) is 16.8. The van der Waals surface area contributed by atoms with E-state index >= 15 is 0 Å². The summed E-state index contributed by atoms with van der Waals surface area (Å²) in [6, 6.07) is 2.43. The third kappa shape index (κ3) is 10.0. The van der Waals surface area contributed by atoms with Crippen LogP contribution in [0.15, 0.2) is 53.2 Å². The summed E-state index contributed by atoms with van der Waals surface area (Å²) in [6.45, 7) is 17.2. The summed E-state index contributed by atoms with van der Waals surface area (Å²) in [5, 5.41) is -0.540. The molecular weight excluding hydrogens is 530 g/mol. The van der Waals surface area contributed by atoms with Crippen LogP contribution in [0.5, 0.6) is 0 Å². The minimum absolute atomic E-state index is 0.0671. The van der Waals surface area contributed by atoms with Gasteiger partial charge in [0.15, 0.2) is 0 Å². The number of carbonyl (C=O) groups is 1. The van der Waals surface area contributed by atoms with Crippen molar-refractivity contribution in [2.45, 2.75) is 70.2 Å². The van der Waals surface area contributed by atoms with E-state index in [1.807, 2.05) is 20.8 Å². The van der Waals surface area contributed by atoms with Gasteiger partial charge < -0.3 is 14.4 Å². The topological polar surface area (TPSA) is 38.8 Å². The van der Waals surface area contributed by atoms with Crippen molar-refractivity contribution >= 4 is 35.0 Å². The van der Waals surface area contributed by atoms with Gasteiger partial charge in [0.2, 0.25) is 0 Å². The largest absolute Gasteiger partial charge is 0.464 e. The van der Waals surface area contributed by atoms with Crippen LogP contribution in [-0.4, -0.2) is 37.2 Å². The summed E-state index contributed by atoms with van der Waals surface area (Å²) >= 11 is 7.37. The highest BCUT2D eigenvalue weighted by molar-refractivity contribution is 8.00. The van der Waals surface area contributed by atoms with Crippen LogP contribution in [0.2, 0.25) is 5.02 Å². The highest BCUT2D eigenvalue weighted by Crippen LogP contribution is 2.39. The van der Waals surface area contributed by atoms with Gasteiger partial charge in [0.1, 0.15) is 11.1 Å². The Morgan fingerprint density at radius 3 is 2.49 bits per heavy atom. The maximum atomic E-state index is 14.9. The number of allylic oxidation sites excluding steroid dienone is 3. The van der Waals surface area contributed by atoms with Crippen molar-refractivity contribution < 1.29 is 31.8 Å². The van der Waals surface area contributed by atoms with Crippen molar-refractivity contribution in [1.82, 2.24) is 0 Å². The third-order valence-corrected chi connectivity index (χ3v) is 7.19. The fraction of sp³-hybridized carbons (Fsp3) is 0.519. The van der Waals surface area contributed by atoms with E-state index in [0.717, 1.165) is 43.7 Å². The molecule has 1 aliphatic rings. The number of anilines is 1. The third-order valence-electron chi connectivity index (χ3n) is 5.36. The Morgan fingerprint density at radius 1 is 1.32 bits per heavy atom. The molecule has 0 N–H and O–H groups in total. The average molecular weight is 566 g/mol. The SMILES string of the molecule is C=C(C)N(C(=C)/C=C(\C)C(F)(F)F)c1cc(SC(CC)C(=O)OCC2CCCOC2)c(Cl)cc1F.CC. The van der Waals surface area contributed by atoms with Crippen molar-refractivity contribution in [3.8, 4) is 0 Å². The van der Waals surface area contributed by atoms with Gasteiger partial charge in [-0.05, 0) is 51.3 Å². The lowest BCUT2D eigenvalue weighted by Gasteiger charge is -2.27. The molecule has 208 valence electrons. The first kappa shape index (κ1) is 33.1. The highest BCUT2D eigenvalue weighted by Gasteiger charge is 2.31. The fourth-order valence-electron chi connectivity index (χ4n) is 3.47. The molecule has 0 saturated carbocycles. The van der Waals surface area contributed by atoms with Crippen LogP contribution in [-0.2, 0) is 14.3 Å². The number of ether oxygens (including phenoxy) is 2. The number of rotatable bonds is 10. The average Bonchev–Trinajstić information content (AvgIpc) is 2.84. The molecule has 10 heteroatoms. The van der Waals surface area contributed by atoms with Gasteiger partial charge in [0, 0.05) is 34.4 Å². The Bertz CT molecular complexity index is 975. The van der Waals surface area contributed by atoms with Gasteiger partial charge in [-0.25, -0.2) is 4.39 Å². The molecule has 0 spiro atoms. The molecule has 4 nitrogen and oxygen atoms in total. The van der Waals surface area contributed by atoms with Gasteiger partial charge >= 0.3 is 12.1 Å². The molecule has 1 aromatic carbocycles. The smallest absolute Gasteiger partial charge is 0.412 e. The number of benzene rings is 1. The van der Waals surface area contributed by atoms with Crippen LogP contribution in [0.3, 0.4) is 0 Å². The minimum atomic E-state index is -4.55. The molecule has 0 aromatic heterocycles. The highest BCUT2D eigenvalue weighted by atomic mass is 35.5. The molecule has 37 heavy (non-hydrogen) atoms. The molecule has 1 aliphatic heterocycles. The number of hydrogen-bond donors (Lipinski definition) is 0. The summed E-state index contributed by atoms with van der Waals surface area (Å²) in [4.78, 5) is 14.2. The second-order valence-corrected chi connectivity index (χ2v) is 10.0. The zero-order valence-electron chi connectivity index (χ0n) is 22.0. The molecule has 0 amide bonds. The molecule has 2 atom stereocenters. The predicted molar refractivity (Wildman–Crippen MR) is 143 cm³/mol. The number of esters is 1. The van der Waals surface area contributed by atoms with Crippen molar-refractivity contribution in [3.63, 3.8) is 0 Å². The van der Waals surface area contributed by atoms with Crippen LogP contribution < -0.4 is 4.90 Å². The number of halogens is 5. The van der Waals surface area contributed by atoms with E-state index in [1.165, 1.54) is 17.9 Å². The number of thioether (sulfide) groups is 1. The lowest BCUT2D eigenvalue weighted by molar-refractivity contribution is -0.145. The van der Waals surface area contributed by atoms with E-state index < -0.39 is 28.8 Å². The van der Waals surface area contributed by atoms with Crippen LogP contribution >= 0.6 is 23.4 Å². The number of carbonyl (C=O) groups excluding carboxylic acids is 1. The molecule has 1 fully saturated rings. The van der Waals surface area contributed by atoms with Crippen LogP contribution in [0.25, 0.3) is 0 Å². The molecule has 0 aliphatic carbocycles. The van der Waals surface area contributed by atoms with E-state index in [1.54, 1.807) is 0 Å². The Labute approximate surface area is 226 Å². The molecule has 0 radical (unpaired) electrons. The first-order valence-corrected chi connectivity index (χ1v) is 13.4. The van der Waals surface area contributed by atoms with Crippen molar-refractivity contribution in [3.05, 3.63) is 59.2 Å². The molecule has 2 unspecified atom stereocenters. The van der Waals surface area contributed by atoms with Crippen molar-refractivity contribution in [2.24, 2.45) is 5.92 Å².